The number of pyridine rings is 2. The number of nitrogens with zero attached hydrogens (tertiary/aromatic N) is 5. The van der Waals surface area contributed by atoms with Crippen LogP contribution in [0, 0.1) is 0 Å². The second-order valence-corrected chi connectivity index (χ2v) is 8.47. The SMILES string of the molecule is Nc1ncccc1-c1nc2ccc(C3CC3)nc2n1-c1ccc(N2CCC(O)C2)cc1. The molecular formula is C24H24N6O. The second kappa shape index (κ2) is 7.06. The number of hydrogen-bond donors (Lipinski definition) is 2. The van der Waals surface area contributed by atoms with Gasteiger partial charge in [-0.05, 0) is 67.8 Å². The largest absolute Gasteiger partial charge is 0.391 e. The van der Waals surface area contributed by atoms with E-state index in [1.807, 2.05) is 12.1 Å². The minimum absolute atomic E-state index is 0.248. The average Bonchev–Trinajstić information content (AvgIpc) is 3.44. The summed E-state index contributed by atoms with van der Waals surface area (Å²) in [7, 11) is 0. The van der Waals surface area contributed by atoms with Gasteiger partial charge in [-0.3, -0.25) is 4.57 Å². The zero-order valence-corrected chi connectivity index (χ0v) is 17.1. The molecule has 4 heterocycles. The molecule has 1 aliphatic heterocycles. The molecule has 1 unspecified atom stereocenters. The zero-order valence-electron chi connectivity index (χ0n) is 17.1. The normalized spacial score (nSPS) is 18.7. The molecule has 3 N–H and O–H groups in total. The van der Waals surface area contributed by atoms with Gasteiger partial charge in [0.1, 0.15) is 11.3 Å². The number of aliphatic hydroxyl groups is 1. The Balaban J connectivity index is 1.51. The summed E-state index contributed by atoms with van der Waals surface area (Å²) in [5.74, 6) is 1.75. The number of anilines is 2. The van der Waals surface area contributed by atoms with Gasteiger partial charge in [-0.25, -0.2) is 15.0 Å². The molecule has 3 aromatic heterocycles. The number of nitrogen functional groups attached to an aromatic ring is 1. The Morgan fingerprint density at radius 3 is 2.45 bits per heavy atom. The van der Waals surface area contributed by atoms with Crippen LogP contribution in [0.25, 0.3) is 28.2 Å². The van der Waals surface area contributed by atoms with E-state index in [0.29, 0.717) is 18.3 Å². The topological polar surface area (TPSA) is 93.1 Å². The molecular weight excluding hydrogens is 388 g/mol. The first-order chi connectivity index (χ1) is 15.2. The van der Waals surface area contributed by atoms with Crippen LogP contribution >= 0.6 is 0 Å². The lowest BCUT2D eigenvalue weighted by atomic mass is 10.2. The molecule has 2 aliphatic rings. The summed E-state index contributed by atoms with van der Waals surface area (Å²) in [6.07, 6.45) is 4.65. The maximum Gasteiger partial charge on any atom is 0.165 e. The molecule has 1 saturated heterocycles. The quantitative estimate of drug-likeness (QED) is 0.533. The van der Waals surface area contributed by atoms with Gasteiger partial charge in [0, 0.05) is 42.3 Å². The lowest BCUT2D eigenvalue weighted by Gasteiger charge is -2.18. The summed E-state index contributed by atoms with van der Waals surface area (Å²) in [6, 6.07) is 16.3. The highest BCUT2D eigenvalue weighted by Crippen LogP contribution is 2.40. The predicted molar refractivity (Wildman–Crippen MR) is 121 cm³/mol. The van der Waals surface area contributed by atoms with Crippen LogP contribution in [0.3, 0.4) is 0 Å². The predicted octanol–water partition coefficient (Wildman–Crippen LogP) is 3.51. The highest BCUT2D eigenvalue weighted by Gasteiger charge is 2.27. The first kappa shape index (κ1) is 18.3. The van der Waals surface area contributed by atoms with Crippen LogP contribution in [0.15, 0.2) is 54.7 Å². The van der Waals surface area contributed by atoms with Crippen LogP contribution in [-0.2, 0) is 0 Å². The first-order valence-corrected chi connectivity index (χ1v) is 10.8. The summed E-state index contributed by atoms with van der Waals surface area (Å²) >= 11 is 0. The van der Waals surface area contributed by atoms with Crippen molar-refractivity contribution in [1.29, 1.82) is 0 Å². The van der Waals surface area contributed by atoms with E-state index in [1.165, 1.54) is 12.8 Å². The second-order valence-electron chi connectivity index (χ2n) is 8.47. The smallest absolute Gasteiger partial charge is 0.165 e. The molecule has 2 fully saturated rings. The molecule has 156 valence electrons. The fourth-order valence-electron chi connectivity index (χ4n) is 4.40. The molecule has 0 radical (unpaired) electrons. The van der Waals surface area contributed by atoms with Crippen molar-refractivity contribution in [2.75, 3.05) is 23.7 Å². The number of aromatic nitrogens is 4. The van der Waals surface area contributed by atoms with Gasteiger partial charge in [-0.2, -0.15) is 0 Å². The van der Waals surface area contributed by atoms with E-state index in [0.717, 1.165) is 52.6 Å². The van der Waals surface area contributed by atoms with Gasteiger partial charge in [0.25, 0.3) is 0 Å². The van der Waals surface area contributed by atoms with Crippen molar-refractivity contribution in [3.8, 4) is 17.1 Å². The standard InChI is InChI=1S/C24H24N6O/c25-22-19(2-1-12-26-22)23-28-21-10-9-20(15-3-4-15)27-24(21)30(23)17-7-5-16(6-8-17)29-13-11-18(31)14-29/h1-2,5-10,12,15,18,31H,3-4,11,13-14H2,(H2,25,26). The van der Waals surface area contributed by atoms with Crippen molar-refractivity contribution in [3.05, 3.63) is 60.4 Å². The van der Waals surface area contributed by atoms with Crippen LogP contribution < -0.4 is 10.6 Å². The van der Waals surface area contributed by atoms with Crippen LogP contribution in [-0.4, -0.2) is 43.8 Å². The average molecular weight is 412 g/mol. The van der Waals surface area contributed by atoms with Crippen molar-refractivity contribution in [1.82, 2.24) is 19.5 Å². The molecule has 0 amide bonds. The molecule has 1 saturated carbocycles. The maximum atomic E-state index is 9.87. The van der Waals surface area contributed by atoms with Gasteiger partial charge in [0.2, 0.25) is 0 Å². The van der Waals surface area contributed by atoms with Gasteiger partial charge in [-0.15, -0.1) is 0 Å². The summed E-state index contributed by atoms with van der Waals surface area (Å²) in [5.41, 5.74) is 11.9. The first-order valence-electron chi connectivity index (χ1n) is 10.8. The minimum atomic E-state index is -0.248. The minimum Gasteiger partial charge on any atom is -0.391 e. The number of fused-ring (bicyclic) bond motifs is 1. The molecule has 7 nitrogen and oxygen atoms in total. The van der Waals surface area contributed by atoms with Crippen LogP contribution in [0.2, 0.25) is 0 Å². The lowest BCUT2D eigenvalue weighted by molar-refractivity contribution is 0.198. The third-order valence-electron chi connectivity index (χ3n) is 6.24. The Hall–Kier alpha value is -3.45. The molecule has 1 atom stereocenters. The van der Waals surface area contributed by atoms with Crippen LogP contribution in [0.5, 0.6) is 0 Å². The van der Waals surface area contributed by atoms with E-state index in [2.05, 4.69) is 50.8 Å². The lowest BCUT2D eigenvalue weighted by Crippen LogP contribution is -2.20. The van der Waals surface area contributed by atoms with Crippen LogP contribution in [0.4, 0.5) is 11.5 Å². The van der Waals surface area contributed by atoms with Crippen molar-refractivity contribution >= 4 is 22.7 Å². The van der Waals surface area contributed by atoms with E-state index in [4.69, 9.17) is 15.7 Å². The van der Waals surface area contributed by atoms with Gasteiger partial charge >= 0.3 is 0 Å². The summed E-state index contributed by atoms with van der Waals surface area (Å²) in [5, 5.41) is 9.87. The Morgan fingerprint density at radius 2 is 1.74 bits per heavy atom. The summed E-state index contributed by atoms with van der Waals surface area (Å²) in [4.78, 5) is 16.4. The number of benzene rings is 1. The third-order valence-corrected chi connectivity index (χ3v) is 6.24. The monoisotopic (exact) mass is 412 g/mol. The maximum absolute atomic E-state index is 9.87. The number of hydrogen-bond acceptors (Lipinski definition) is 6. The van der Waals surface area contributed by atoms with Gasteiger partial charge in [0.05, 0.1) is 11.7 Å². The van der Waals surface area contributed by atoms with Crippen molar-refractivity contribution < 1.29 is 5.11 Å². The van der Waals surface area contributed by atoms with Gasteiger partial charge in [-0.1, -0.05) is 0 Å². The zero-order chi connectivity index (χ0) is 20.9. The number of rotatable bonds is 4. The van der Waals surface area contributed by atoms with Crippen molar-refractivity contribution in [2.24, 2.45) is 0 Å². The fourth-order valence-corrected chi connectivity index (χ4v) is 4.40. The van der Waals surface area contributed by atoms with E-state index in [1.54, 1.807) is 6.20 Å². The van der Waals surface area contributed by atoms with Crippen molar-refractivity contribution in [3.63, 3.8) is 0 Å². The molecule has 0 spiro atoms. The Bertz CT molecular complexity index is 1260. The van der Waals surface area contributed by atoms with Crippen molar-refractivity contribution in [2.45, 2.75) is 31.3 Å². The highest BCUT2D eigenvalue weighted by molar-refractivity contribution is 5.83. The molecule has 6 rings (SSSR count). The Morgan fingerprint density at radius 1 is 0.935 bits per heavy atom. The van der Waals surface area contributed by atoms with Gasteiger partial charge < -0.3 is 15.7 Å². The van der Waals surface area contributed by atoms with E-state index in [9.17, 15) is 5.11 Å². The van der Waals surface area contributed by atoms with Gasteiger partial charge in [0.15, 0.2) is 11.5 Å². The summed E-state index contributed by atoms with van der Waals surface area (Å²) in [6.45, 7) is 1.55. The molecule has 31 heavy (non-hydrogen) atoms. The third kappa shape index (κ3) is 3.21. The molecule has 0 bridgehead atoms. The van der Waals surface area contributed by atoms with Crippen LogP contribution in [0.1, 0.15) is 30.9 Å². The highest BCUT2D eigenvalue weighted by atomic mass is 16.3. The molecule has 1 aromatic carbocycles. The fraction of sp³-hybridized carbons (Fsp3) is 0.292. The number of β-amino-alcohol motifs (C(OH)–C–C–N with tert-alkyl or cyclic N) is 1. The van der Waals surface area contributed by atoms with E-state index >= 15 is 0 Å². The molecule has 1 aliphatic carbocycles. The number of aliphatic hydroxyl groups excluding tert-OH is 1. The molecule has 4 aromatic rings. The van der Waals surface area contributed by atoms with E-state index in [-0.39, 0.29) is 6.10 Å². The molecule has 7 heteroatoms. The Kier molecular flexibility index (Phi) is 4.17. The summed E-state index contributed by atoms with van der Waals surface area (Å²) < 4.78 is 2.08. The number of nitrogens with two attached hydrogens (primary N) is 1. The number of imidazole rings is 1. The van der Waals surface area contributed by atoms with E-state index < -0.39 is 0 Å². The Labute approximate surface area is 180 Å².